The molecule has 1 aliphatic rings. The first-order valence-electron chi connectivity index (χ1n) is 6.17. The van der Waals surface area contributed by atoms with E-state index in [1.807, 2.05) is 19.2 Å². The number of nitrogens with two attached hydrogens (primary N) is 1. The smallest absolute Gasteiger partial charge is 0.152 e. The van der Waals surface area contributed by atoms with Crippen LogP contribution in [0.25, 0.3) is 0 Å². The molecule has 0 aromatic carbocycles. The van der Waals surface area contributed by atoms with Crippen LogP contribution in [0.4, 0.5) is 11.5 Å². The summed E-state index contributed by atoms with van der Waals surface area (Å²) in [6, 6.07) is 2.57. The van der Waals surface area contributed by atoms with Crippen LogP contribution in [0.2, 0.25) is 0 Å². The first-order chi connectivity index (χ1) is 7.68. The molecule has 3 nitrogen and oxygen atoms in total. The summed E-state index contributed by atoms with van der Waals surface area (Å²) < 4.78 is 0. The fraction of sp³-hybridized carbons (Fsp3) is 0.615. The molecule has 1 aliphatic heterocycles. The minimum Gasteiger partial charge on any atom is -0.396 e. The van der Waals surface area contributed by atoms with Gasteiger partial charge in [-0.05, 0) is 38.3 Å². The number of aryl methyl sites for hydroxylation is 1. The molecule has 1 unspecified atom stereocenters. The average Bonchev–Trinajstić information content (AvgIpc) is 2.44. The van der Waals surface area contributed by atoms with Crippen LogP contribution in [0.3, 0.4) is 0 Å². The number of nitrogen functional groups attached to an aromatic ring is 1. The summed E-state index contributed by atoms with van der Waals surface area (Å²) in [5, 5.41) is 0. The fourth-order valence-corrected chi connectivity index (χ4v) is 2.41. The maximum atomic E-state index is 6.06. The van der Waals surface area contributed by atoms with E-state index in [4.69, 9.17) is 5.73 Å². The van der Waals surface area contributed by atoms with Crippen molar-refractivity contribution in [2.45, 2.75) is 45.6 Å². The van der Waals surface area contributed by atoms with Crippen LogP contribution in [0.1, 0.15) is 38.2 Å². The second-order valence-corrected chi connectivity index (χ2v) is 4.82. The second-order valence-electron chi connectivity index (χ2n) is 4.82. The van der Waals surface area contributed by atoms with E-state index in [-0.39, 0.29) is 0 Å². The SMILES string of the molecule is Cc1cnc(N2CCCCCC2C)c(N)c1. The quantitative estimate of drug-likeness (QED) is 0.789. The number of pyridine rings is 1. The molecule has 2 N–H and O–H groups in total. The third-order valence-corrected chi connectivity index (χ3v) is 3.36. The molecule has 1 fully saturated rings. The molecular weight excluding hydrogens is 198 g/mol. The minimum atomic E-state index is 0.556. The highest BCUT2D eigenvalue weighted by atomic mass is 15.2. The Kier molecular flexibility index (Phi) is 3.32. The summed E-state index contributed by atoms with van der Waals surface area (Å²) in [7, 11) is 0. The van der Waals surface area contributed by atoms with Crippen LogP contribution in [0.15, 0.2) is 12.3 Å². The number of rotatable bonds is 1. The molecule has 3 heteroatoms. The van der Waals surface area contributed by atoms with Crippen LogP contribution in [-0.4, -0.2) is 17.6 Å². The van der Waals surface area contributed by atoms with Gasteiger partial charge in [-0.1, -0.05) is 12.8 Å². The highest BCUT2D eigenvalue weighted by molar-refractivity contribution is 5.63. The number of aromatic nitrogens is 1. The van der Waals surface area contributed by atoms with E-state index in [1.165, 1.54) is 25.7 Å². The Bertz CT molecular complexity index is 362. The Morgan fingerprint density at radius 3 is 2.94 bits per heavy atom. The van der Waals surface area contributed by atoms with Crippen LogP contribution in [0, 0.1) is 6.92 Å². The summed E-state index contributed by atoms with van der Waals surface area (Å²) in [5.41, 5.74) is 8.00. The van der Waals surface area contributed by atoms with Crippen LogP contribution in [-0.2, 0) is 0 Å². The van der Waals surface area contributed by atoms with Crippen molar-refractivity contribution in [3.63, 3.8) is 0 Å². The van der Waals surface area contributed by atoms with E-state index in [9.17, 15) is 0 Å². The van der Waals surface area contributed by atoms with Gasteiger partial charge in [0.25, 0.3) is 0 Å². The van der Waals surface area contributed by atoms with E-state index in [1.54, 1.807) is 0 Å². The van der Waals surface area contributed by atoms with Gasteiger partial charge in [0.2, 0.25) is 0 Å². The predicted octanol–water partition coefficient (Wildman–Crippen LogP) is 2.74. The molecule has 1 aromatic heterocycles. The molecule has 1 aromatic rings. The van der Waals surface area contributed by atoms with Crippen molar-refractivity contribution in [2.75, 3.05) is 17.2 Å². The van der Waals surface area contributed by atoms with E-state index >= 15 is 0 Å². The van der Waals surface area contributed by atoms with Gasteiger partial charge in [-0.3, -0.25) is 0 Å². The summed E-state index contributed by atoms with van der Waals surface area (Å²) in [6.07, 6.45) is 7.05. The zero-order valence-electron chi connectivity index (χ0n) is 10.2. The largest absolute Gasteiger partial charge is 0.396 e. The van der Waals surface area contributed by atoms with E-state index in [0.29, 0.717) is 6.04 Å². The highest BCUT2D eigenvalue weighted by Gasteiger charge is 2.19. The van der Waals surface area contributed by atoms with E-state index in [2.05, 4.69) is 16.8 Å². The monoisotopic (exact) mass is 219 g/mol. The predicted molar refractivity (Wildman–Crippen MR) is 68.7 cm³/mol. The molecule has 0 amide bonds. The van der Waals surface area contributed by atoms with Crippen molar-refractivity contribution in [2.24, 2.45) is 0 Å². The summed E-state index contributed by atoms with van der Waals surface area (Å²) in [5.74, 6) is 0.972. The minimum absolute atomic E-state index is 0.556. The van der Waals surface area contributed by atoms with Crippen molar-refractivity contribution in [1.82, 2.24) is 4.98 Å². The average molecular weight is 219 g/mol. The molecule has 0 radical (unpaired) electrons. The molecule has 88 valence electrons. The zero-order valence-corrected chi connectivity index (χ0v) is 10.2. The maximum Gasteiger partial charge on any atom is 0.152 e. The molecule has 0 bridgehead atoms. The van der Waals surface area contributed by atoms with Crippen molar-refractivity contribution in [1.29, 1.82) is 0 Å². The lowest BCUT2D eigenvalue weighted by molar-refractivity contribution is 0.612. The zero-order chi connectivity index (χ0) is 11.5. The van der Waals surface area contributed by atoms with Gasteiger partial charge in [0, 0.05) is 18.8 Å². The summed E-state index contributed by atoms with van der Waals surface area (Å²) in [4.78, 5) is 6.86. The molecule has 0 spiro atoms. The van der Waals surface area contributed by atoms with Gasteiger partial charge in [-0.2, -0.15) is 0 Å². The van der Waals surface area contributed by atoms with Crippen LogP contribution < -0.4 is 10.6 Å². The Morgan fingerprint density at radius 2 is 2.19 bits per heavy atom. The lowest BCUT2D eigenvalue weighted by atomic mass is 10.1. The fourth-order valence-electron chi connectivity index (χ4n) is 2.41. The molecule has 1 saturated heterocycles. The van der Waals surface area contributed by atoms with Gasteiger partial charge < -0.3 is 10.6 Å². The van der Waals surface area contributed by atoms with Gasteiger partial charge >= 0.3 is 0 Å². The summed E-state index contributed by atoms with van der Waals surface area (Å²) >= 11 is 0. The number of hydrogen-bond acceptors (Lipinski definition) is 3. The number of anilines is 2. The third-order valence-electron chi connectivity index (χ3n) is 3.36. The Morgan fingerprint density at radius 1 is 1.38 bits per heavy atom. The van der Waals surface area contributed by atoms with Crippen LogP contribution in [0.5, 0.6) is 0 Å². The van der Waals surface area contributed by atoms with Crippen molar-refractivity contribution in [3.8, 4) is 0 Å². The highest BCUT2D eigenvalue weighted by Crippen LogP contribution is 2.27. The van der Waals surface area contributed by atoms with Crippen LogP contribution >= 0.6 is 0 Å². The Labute approximate surface area is 97.7 Å². The van der Waals surface area contributed by atoms with Gasteiger partial charge in [0.1, 0.15) is 0 Å². The van der Waals surface area contributed by atoms with E-state index in [0.717, 1.165) is 23.6 Å². The second kappa shape index (κ2) is 4.73. The number of nitrogens with zero attached hydrogens (tertiary/aromatic N) is 2. The van der Waals surface area contributed by atoms with Gasteiger partial charge in [-0.15, -0.1) is 0 Å². The Balaban J connectivity index is 2.27. The van der Waals surface area contributed by atoms with Crippen molar-refractivity contribution >= 4 is 11.5 Å². The molecule has 0 saturated carbocycles. The normalized spacial score (nSPS) is 21.9. The molecule has 1 atom stereocenters. The first-order valence-corrected chi connectivity index (χ1v) is 6.17. The molecule has 2 heterocycles. The van der Waals surface area contributed by atoms with Gasteiger partial charge in [-0.25, -0.2) is 4.98 Å². The summed E-state index contributed by atoms with van der Waals surface area (Å²) in [6.45, 7) is 5.38. The first kappa shape index (κ1) is 11.2. The topological polar surface area (TPSA) is 42.2 Å². The standard InChI is InChI=1S/C13H21N3/c1-10-8-12(14)13(15-9-10)16-7-5-3-4-6-11(16)2/h8-9,11H,3-7,14H2,1-2H3. The molecule has 0 aliphatic carbocycles. The number of hydrogen-bond donors (Lipinski definition) is 1. The maximum absolute atomic E-state index is 6.06. The lowest BCUT2D eigenvalue weighted by Crippen LogP contribution is -2.33. The lowest BCUT2D eigenvalue weighted by Gasteiger charge is -2.29. The van der Waals surface area contributed by atoms with Gasteiger partial charge in [0.15, 0.2) is 5.82 Å². The molecule has 2 rings (SSSR count). The van der Waals surface area contributed by atoms with E-state index < -0.39 is 0 Å². The van der Waals surface area contributed by atoms with Crippen molar-refractivity contribution < 1.29 is 0 Å². The molecule has 16 heavy (non-hydrogen) atoms. The Hall–Kier alpha value is -1.25. The van der Waals surface area contributed by atoms with Crippen molar-refractivity contribution in [3.05, 3.63) is 17.8 Å². The van der Waals surface area contributed by atoms with Gasteiger partial charge in [0.05, 0.1) is 5.69 Å². The molecular formula is C13H21N3. The third kappa shape index (κ3) is 2.29.